The number of amides is 1. The minimum atomic E-state index is -0.00763. The molecule has 4 nitrogen and oxygen atoms in total. The summed E-state index contributed by atoms with van der Waals surface area (Å²) >= 11 is 5.92. The van der Waals surface area contributed by atoms with E-state index >= 15 is 0 Å². The molecule has 0 spiro atoms. The number of hydrogen-bond donors (Lipinski definition) is 1. The number of nitrogens with zero attached hydrogens (tertiary/aromatic N) is 2. The maximum Gasteiger partial charge on any atom is 0.255 e. The van der Waals surface area contributed by atoms with Gasteiger partial charge in [0.25, 0.3) is 5.91 Å². The lowest BCUT2D eigenvalue weighted by atomic mass is 9.75. The van der Waals surface area contributed by atoms with E-state index < -0.39 is 0 Å². The summed E-state index contributed by atoms with van der Waals surface area (Å²) in [5.74, 6) is 0.918. The van der Waals surface area contributed by atoms with Gasteiger partial charge in [-0.05, 0) is 30.2 Å². The number of piperidine rings is 1. The van der Waals surface area contributed by atoms with Crippen molar-refractivity contribution in [2.45, 2.75) is 33.6 Å². The van der Waals surface area contributed by atoms with Crippen LogP contribution in [-0.2, 0) is 0 Å². The SMILES string of the molecule is CC(C)(C)C1CCN(C(=O)c2cnc(N)c(Cl)c2)CC1. The number of rotatable bonds is 1. The first-order valence-electron chi connectivity index (χ1n) is 6.99. The van der Waals surface area contributed by atoms with Crippen LogP contribution in [0.1, 0.15) is 44.0 Å². The summed E-state index contributed by atoms with van der Waals surface area (Å²) in [5, 5.41) is 0.334. The van der Waals surface area contributed by atoms with E-state index in [-0.39, 0.29) is 11.7 Å². The summed E-state index contributed by atoms with van der Waals surface area (Å²) in [4.78, 5) is 18.2. The maximum atomic E-state index is 12.4. The molecule has 2 heterocycles. The van der Waals surface area contributed by atoms with E-state index in [1.165, 1.54) is 6.20 Å². The first kappa shape index (κ1) is 15.1. The topological polar surface area (TPSA) is 59.2 Å². The minimum absolute atomic E-state index is 0.00763. The van der Waals surface area contributed by atoms with Crippen molar-refractivity contribution in [1.82, 2.24) is 9.88 Å². The monoisotopic (exact) mass is 295 g/mol. The van der Waals surface area contributed by atoms with Crippen LogP contribution in [0.2, 0.25) is 5.02 Å². The highest BCUT2D eigenvalue weighted by Crippen LogP contribution is 2.34. The Balaban J connectivity index is 2.03. The van der Waals surface area contributed by atoms with Crippen LogP contribution >= 0.6 is 11.6 Å². The first-order chi connectivity index (χ1) is 9.29. The van der Waals surface area contributed by atoms with E-state index in [2.05, 4.69) is 25.8 Å². The highest BCUT2D eigenvalue weighted by molar-refractivity contribution is 6.33. The summed E-state index contributed by atoms with van der Waals surface area (Å²) in [5.41, 5.74) is 6.38. The van der Waals surface area contributed by atoms with Crippen molar-refractivity contribution in [3.63, 3.8) is 0 Å². The smallest absolute Gasteiger partial charge is 0.255 e. The fraction of sp³-hybridized carbons (Fsp3) is 0.600. The highest BCUT2D eigenvalue weighted by Gasteiger charge is 2.30. The summed E-state index contributed by atoms with van der Waals surface area (Å²) in [6.07, 6.45) is 3.59. The van der Waals surface area contributed by atoms with Crippen LogP contribution in [0.5, 0.6) is 0 Å². The predicted molar refractivity (Wildman–Crippen MR) is 81.7 cm³/mol. The average Bonchev–Trinajstić information content (AvgIpc) is 2.40. The van der Waals surface area contributed by atoms with E-state index in [0.717, 1.165) is 25.9 Å². The molecule has 1 aliphatic heterocycles. The molecule has 0 unspecified atom stereocenters. The fourth-order valence-corrected chi connectivity index (χ4v) is 2.86. The van der Waals surface area contributed by atoms with E-state index in [9.17, 15) is 4.79 Å². The zero-order valence-electron chi connectivity index (χ0n) is 12.3. The maximum absolute atomic E-state index is 12.4. The number of carbonyl (C=O) groups excluding carboxylic acids is 1. The van der Waals surface area contributed by atoms with Gasteiger partial charge >= 0.3 is 0 Å². The number of pyridine rings is 1. The van der Waals surface area contributed by atoms with Gasteiger partial charge in [-0.2, -0.15) is 0 Å². The van der Waals surface area contributed by atoms with Crippen molar-refractivity contribution in [1.29, 1.82) is 0 Å². The number of nitrogens with two attached hydrogens (primary N) is 1. The van der Waals surface area contributed by atoms with Crippen molar-refractivity contribution >= 4 is 23.3 Å². The number of aromatic nitrogens is 1. The van der Waals surface area contributed by atoms with Gasteiger partial charge in [0, 0.05) is 19.3 Å². The second-order valence-electron chi connectivity index (χ2n) is 6.52. The Hall–Kier alpha value is -1.29. The summed E-state index contributed by atoms with van der Waals surface area (Å²) in [6, 6.07) is 1.60. The van der Waals surface area contributed by atoms with Crippen LogP contribution < -0.4 is 5.73 Å². The van der Waals surface area contributed by atoms with Gasteiger partial charge in [-0.25, -0.2) is 4.98 Å². The molecule has 1 fully saturated rings. The van der Waals surface area contributed by atoms with Crippen LogP contribution in [0.4, 0.5) is 5.82 Å². The van der Waals surface area contributed by atoms with E-state index in [1.807, 2.05) is 4.90 Å². The number of hydrogen-bond acceptors (Lipinski definition) is 3. The van der Waals surface area contributed by atoms with Crippen molar-refractivity contribution in [2.24, 2.45) is 11.3 Å². The number of anilines is 1. The molecule has 110 valence electrons. The van der Waals surface area contributed by atoms with E-state index in [0.29, 0.717) is 21.9 Å². The number of halogens is 1. The summed E-state index contributed by atoms with van der Waals surface area (Å²) in [6.45, 7) is 8.38. The largest absolute Gasteiger partial charge is 0.382 e. The van der Waals surface area contributed by atoms with Crippen molar-refractivity contribution in [2.75, 3.05) is 18.8 Å². The Kier molecular flexibility index (Phi) is 4.23. The summed E-state index contributed by atoms with van der Waals surface area (Å²) in [7, 11) is 0. The molecule has 0 atom stereocenters. The first-order valence-corrected chi connectivity index (χ1v) is 7.37. The van der Waals surface area contributed by atoms with Crippen molar-refractivity contribution in [3.05, 3.63) is 22.8 Å². The van der Waals surface area contributed by atoms with Crippen molar-refractivity contribution in [3.8, 4) is 0 Å². The van der Waals surface area contributed by atoms with Crippen LogP contribution in [0.3, 0.4) is 0 Å². The lowest BCUT2D eigenvalue weighted by Crippen LogP contribution is -2.41. The second-order valence-corrected chi connectivity index (χ2v) is 6.93. The molecular weight excluding hydrogens is 274 g/mol. The Morgan fingerprint density at radius 2 is 2.00 bits per heavy atom. The lowest BCUT2D eigenvalue weighted by Gasteiger charge is -2.38. The molecule has 1 aromatic heterocycles. The van der Waals surface area contributed by atoms with Gasteiger partial charge in [-0.1, -0.05) is 32.4 Å². The Bertz CT molecular complexity index is 502. The van der Waals surface area contributed by atoms with E-state index in [1.54, 1.807) is 6.07 Å². The average molecular weight is 296 g/mol. The molecule has 2 rings (SSSR count). The number of carbonyl (C=O) groups is 1. The predicted octanol–water partition coefficient (Wildman–Crippen LogP) is 3.22. The second kappa shape index (κ2) is 5.60. The molecule has 5 heteroatoms. The molecule has 1 saturated heterocycles. The Labute approximate surface area is 125 Å². The van der Waals surface area contributed by atoms with Crippen LogP contribution in [0.15, 0.2) is 12.3 Å². The third-order valence-electron chi connectivity index (χ3n) is 4.12. The molecule has 0 radical (unpaired) electrons. The lowest BCUT2D eigenvalue weighted by molar-refractivity contribution is 0.0608. The van der Waals surface area contributed by atoms with Gasteiger partial charge in [-0.15, -0.1) is 0 Å². The molecule has 0 aliphatic carbocycles. The molecule has 0 saturated carbocycles. The Morgan fingerprint density at radius 3 is 2.50 bits per heavy atom. The Morgan fingerprint density at radius 1 is 1.40 bits per heavy atom. The van der Waals surface area contributed by atoms with Crippen molar-refractivity contribution < 1.29 is 4.79 Å². The normalized spacial score (nSPS) is 17.3. The quantitative estimate of drug-likeness (QED) is 0.865. The van der Waals surface area contributed by atoms with E-state index in [4.69, 9.17) is 17.3 Å². The number of likely N-dealkylation sites (tertiary alicyclic amines) is 1. The van der Waals surface area contributed by atoms with Crippen LogP contribution in [-0.4, -0.2) is 28.9 Å². The molecular formula is C15H22ClN3O. The zero-order chi connectivity index (χ0) is 14.9. The van der Waals surface area contributed by atoms with Gasteiger partial charge < -0.3 is 10.6 Å². The van der Waals surface area contributed by atoms with Gasteiger partial charge in [0.15, 0.2) is 0 Å². The van der Waals surface area contributed by atoms with Gasteiger partial charge in [-0.3, -0.25) is 4.79 Å². The molecule has 0 bridgehead atoms. The third-order valence-corrected chi connectivity index (χ3v) is 4.43. The number of nitrogen functional groups attached to an aromatic ring is 1. The van der Waals surface area contributed by atoms with Crippen LogP contribution in [0, 0.1) is 11.3 Å². The minimum Gasteiger partial charge on any atom is -0.382 e. The molecule has 1 aromatic rings. The van der Waals surface area contributed by atoms with Gasteiger partial charge in [0.2, 0.25) is 0 Å². The van der Waals surface area contributed by atoms with Gasteiger partial charge in [0.05, 0.1) is 10.6 Å². The standard InChI is InChI=1S/C15H22ClN3O/c1-15(2,3)11-4-6-19(7-5-11)14(20)10-8-12(16)13(17)18-9-10/h8-9,11H,4-7H2,1-3H3,(H2,17,18). The molecule has 0 aromatic carbocycles. The fourth-order valence-electron chi connectivity index (χ4n) is 2.70. The molecule has 20 heavy (non-hydrogen) atoms. The zero-order valence-corrected chi connectivity index (χ0v) is 13.1. The third kappa shape index (κ3) is 3.23. The molecule has 1 aliphatic rings. The summed E-state index contributed by atoms with van der Waals surface area (Å²) < 4.78 is 0. The molecule has 2 N–H and O–H groups in total. The molecule has 1 amide bonds. The van der Waals surface area contributed by atoms with Gasteiger partial charge in [0.1, 0.15) is 5.82 Å². The highest BCUT2D eigenvalue weighted by atomic mass is 35.5. The van der Waals surface area contributed by atoms with Crippen LogP contribution in [0.25, 0.3) is 0 Å².